The summed E-state index contributed by atoms with van der Waals surface area (Å²) in [5.74, 6) is 0. The Balaban J connectivity index is 2.82. The Hall–Kier alpha value is -0.0900. The van der Waals surface area contributed by atoms with Gasteiger partial charge in [0.1, 0.15) is 0 Å². The highest BCUT2D eigenvalue weighted by molar-refractivity contribution is 14.1. The van der Waals surface area contributed by atoms with E-state index >= 15 is 0 Å². The van der Waals surface area contributed by atoms with E-state index in [2.05, 4.69) is 54.6 Å². The Morgan fingerprint density at radius 2 is 2.15 bits per heavy atom. The zero-order valence-corrected chi connectivity index (χ0v) is 10.7. The van der Waals surface area contributed by atoms with Crippen LogP contribution < -0.4 is 0 Å². The first kappa shape index (κ1) is 9.46. The molecule has 13 heavy (non-hydrogen) atoms. The molecule has 0 nitrogen and oxygen atoms in total. The van der Waals surface area contributed by atoms with Gasteiger partial charge in [0.15, 0.2) is 0 Å². The summed E-state index contributed by atoms with van der Waals surface area (Å²) in [5.41, 5.74) is 1.51. The largest absolute Gasteiger partial charge is 0.140 e. The number of thiophene rings is 1. The van der Waals surface area contributed by atoms with Gasteiger partial charge >= 0.3 is 0 Å². The molecule has 0 aliphatic carbocycles. The zero-order valence-electron chi connectivity index (χ0n) is 7.73. The van der Waals surface area contributed by atoms with Crippen molar-refractivity contribution in [3.8, 4) is 0 Å². The SMILES string of the molecule is CCc1c(I)ccc2cc(C)sc12. The molecule has 0 aliphatic heterocycles. The van der Waals surface area contributed by atoms with Crippen LogP contribution in [0.25, 0.3) is 10.1 Å². The van der Waals surface area contributed by atoms with Crippen LogP contribution in [0, 0.1) is 10.5 Å². The molecule has 0 atom stereocenters. The predicted molar refractivity (Wildman–Crippen MR) is 68.7 cm³/mol. The summed E-state index contributed by atoms with van der Waals surface area (Å²) in [4.78, 5) is 1.41. The smallest absolute Gasteiger partial charge is 0.0388 e. The van der Waals surface area contributed by atoms with Crippen LogP contribution in [-0.2, 0) is 6.42 Å². The van der Waals surface area contributed by atoms with Gasteiger partial charge in [0.25, 0.3) is 0 Å². The molecule has 0 bridgehead atoms. The van der Waals surface area contributed by atoms with Gasteiger partial charge in [-0.05, 0) is 59.0 Å². The molecular formula is C11H11IS. The van der Waals surface area contributed by atoms with Gasteiger partial charge in [0, 0.05) is 13.1 Å². The van der Waals surface area contributed by atoms with Crippen molar-refractivity contribution in [1.82, 2.24) is 0 Å². The van der Waals surface area contributed by atoms with E-state index in [9.17, 15) is 0 Å². The van der Waals surface area contributed by atoms with Gasteiger partial charge in [0.05, 0.1) is 0 Å². The molecule has 0 amide bonds. The lowest BCUT2D eigenvalue weighted by atomic mass is 10.1. The Bertz CT molecular complexity index is 443. The second-order valence-electron chi connectivity index (χ2n) is 3.15. The topological polar surface area (TPSA) is 0 Å². The van der Waals surface area contributed by atoms with Crippen LogP contribution in [0.15, 0.2) is 18.2 Å². The van der Waals surface area contributed by atoms with Crippen LogP contribution in [0.2, 0.25) is 0 Å². The third kappa shape index (κ3) is 1.62. The molecule has 0 saturated carbocycles. The minimum atomic E-state index is 1.13. The fraction of sp³-hybridized carbons (Fsp3) is 0.273. The van der Waals surface area contributed by atoms with Crippen LogP contribution in [-0.4, -0.2) is 0 Å². The zero-order chi connectivity index (χ0) is 9.42. The standard InChI is InChI=1S/C11H11IS/c1-3-9-10(12)5-4-8-6-7(2)13-11(8)9/h4-6H,3H2,1-2H3. The molecule has 1 aromatic carbocycles. The molecule has 0 aliphatic rings. The van der Waals surface area contributed by atoms with Gasteiger partial charge in [0.2, 0.25) is 0 Å². The molecule has 2 aromatic rings. The minimum absolute atomic E-state index is 1.13. The lowest BCUT2D eigenvalue weighted by Crippen LogP contribution is -1.84. The van der Waals surface area contributed by atoms with Crippen molar-refractivity contribution in [1.29, 1.82) is 0 Å². The maximum absolute atomic E-state index is 2.42. The highest BCUT2D eigenvalue weighted by Gasteiger charge is 2.06. The average Bonchev–Trinajstić information content (AvgIpc) is 2.45. The fourth-order valence-corrected chi connectivity index (χ4v) is 3.74. The van der Waals surface area contributed by atoms with Crippen molar-refractivity contribution in [3.63, 3.8) is 0 Å². The predicted octanol–water partition coefficient (Wildman–Crippen LogP) is 4.38. The molecule has 0 fully saturated rings. The van der Waals surface area contributed by atoms with Gasteiger partial charge < -0.3 is 0 Å². The average molecular weight is 302 g/mol. The van der Waals surface area contributed by atoms with Crippen LogP contribution >= 0.6 is 33.9 Å². The monoisotopic (exact) mass is 302 g/mol. The Labute approximate surface area is 96.1 Å². The number of rotatable bonds is 1. The Morgan fingerprint density at radius 3 is 2.85 bits per heavy atom. The molecule has 0 saturated heterocycles. The lowest BCUT2D eigenvalue weighted by Gasteiger charge is -2.01. The van der Waals surface area contributed by atoms with Crippen molar-refractivity contribution >= 4 is 44.0 Å². The summed E-state index contributed by atoms with van der Waals surface area (Å²) in [7, 11) is 0. The second-order valence-corrected chi connectivity index (χ2v) is 5.57. The maximum Gasteiger partial charge on any atom is 0.0388 e. The van der Waals surface area contributed by atoms with E-state index in [4.69, 9.17) is 0 Å². The van der Waals surface area contributed by atoms with E-state index in [1.54, 1.807) is 0 Å². The fourth-order valence-electron chi connectivity index (χ4n) is 1.59. The Morgan fingerprint density at radius 1 is 1.38 bits per heavy atom. The highest BCUT2D eigenvalue weighted by Crippen LogP contribution is 2.31. The third-order valence-corrected chi connectivity index (χ3v) is 4.35. The van der Waals surface area contributed by atoms with Gasteiger partial charge in [-0.3, -0.25) is 0 Å². The number of fused-ring (bicyclic) bond motifs is 1. The number of hydrogen-bond donors (Lipinski definition) is 0. The van der Waals surface area contributed by atoms with Crippen LogP contribution in [0.3, 0.4) is 0 Å². The van der Waals surface area contributed by atoms with Gasteiger partial charge in [-0.2, -0.15) is 0 Å². The van der Waals surface area contributed by atoms with Crippen LogP contribution in [0.1, 0.15) is 17.4 Å². The summed E-state index contributed by atoms with van der Waals surface area (Å²) in [6, 6.07) is 6.71. The van der Waals surface area contributed by atoms with Crippen molar-refractivity contribution in [3.05, 3.63) is 32.2 Å². The molecule has 0 spiro atoms. The second kappa shape index (κ2) is 3.58. The van der Waals surface area contributed by atoms with E-state index in [0.717, 1.165) is 6.42 Å². The molecule has 2 heteroatoms. The van der Waals surface area contributed by atoms with E-state index in [1.807, 2.05) is 11.3 Å². The molecule has 2 rings (SSSR count). The number of aryl methyl sites for hydroxylation is 2. The lowest BCUT2D eigenvalue weighted by molar-refractivity contribution is 1.15. The first-order valence-electron chi connectivity index (χ1n) is 4.40. The summed E-state index contributed by atoms with van der Waals surface area (Å²) >= 11 is 4.34. The van der Waals surface area contributed by atoms with E-state index in [0.29, 0.717) is 0 Å². The van der Waals surface area contributed by atoms with Crippen molar-refractivity contribution in [2.45, 2.75) is 20.3 Å². The molecule has 0 radical (unpaired) electrons. The van der Waals surface area contributed by atoms with Crippen LogP contribution in [0.4, 0.5) is 0 Å². The summed E-state index contributed by atoms with van der Waals surface area (Å²) in [6.45, 7) is 4.41. The van der Waals surface area contributed by atoms with Gasteiger partial charge in [-0.15, -0.1) is 11.3 Å². The molecule has 1 heterocycles. The van der Waals surface area contributed by atoms with E-state index in [1.165, 1.54) is 24.1 Å². The Kier molecular flexibility index (Phi) is 2.60. The third-order valence-electron chi connectivity index (χ3n) is 2.21. The van der Waals surface area contributed by atoms with Gasteiger partial charge in [-0.25, -0.2) is 0 Å². The number of hydrogen-bond acceptors (Lipinski definition) is 1. The van der Waals surface area contributed by atoms with Crippen molar-refractivity contribution in [2.24, 2.45) is 0 Å². The summed E-state index contributed by atoms with van der Waals surface area (Å²) in [6.07, 6.45) is 1.13. The van der Waals surface area contributed by atoms with Gasteiger partial charge in [-0.1, -0.05) is 13.0 Å². The highest BCUT2D eigenvalue weighted by atomic mass is 127. The normalized spacial score (nSPS) is 11.0. The first-order valence-corrected chi connectivity index (χ1v) is 6.29. The number of benzene rings is 1. The molecular weight excluding hydrogens is 291 g/mol. The van der Waals surface area contributed by atoms with E-state index in [-0.39, 0.29) is 0 Å². The molecule has 0 N–H and O–H groups in total. The van der Waals surface area contributed by atoms with Crippen molar-refractivity contribution < 1.29 is 0 Å². The maximum atomic E-state index is 2.42. The summed E-state index contributed by atoms with van der Waals surface area (Å²) < 4.78 is 2.88. The first-order chi connectivity index (χ1) is 6.22. The molecule has 0 unspecified atom stereocenters. The quantitative estimate of drug-likeness (QED) is 0.686. The van der Waals surface area contributed by atoms with Crippen LogP contribution in [0.5, 0.6) is 0 Å². The molecule has 1 aromatic heterocycles. The number of halogens is 1. The van der Waals surface area contributed by atoms with E-state index < -0.39 is 0 Å². The molecule has 68 valence electrons. The summed E-state index contributed by atoms with van der Waals surface area (Å²) in [5, 5.41) is 1.40. The van der Waals surface area contributed by atoms with Crippen molar-refractivity contribution in [2.75, 3.05) is 0 Å². The minimum Gasteiger partial charge on any atom is -0.140 e.